The van der Waals surface area contributed by atoms with E-state index in [9.17, 15) is 5.11 Å². The van der Waals surface area contributed by atoms with Crippen LogP contribution in [-0.2, 0) is 0 Å². The molecule has 0 spiro atoms. The van der Waals surface area contributed by atoms with Gasteiger partial charge < -0.3 is 10.2 Å². The summed E-state index contributed by atoms with van der Waals surface area (Å²) in [7, 11) is 0. The molecule has 1 aliphatic rings. The monoisotopic (exact) mass is 170 g/mol. The van der Waals surface area contributed by atoms with Crippen molar-refractivity contribution >= 4 is 0 Å². The number of hydrogen-bond donors (Lipinski definition) is 2. The second kappa shape index (κ2) is 3.19. The Kier molecular flexibility index (Phi) is 2.59. The van der Waals surface area contributed by atoms with Gasteiger partial charge in [-0.05, 0) is 18.8 Å². The normalized spacial score (nSPS) is 34.6. The van der Waals surface area contributed by atoms with Crippen LogP contribution in [0.2, 0.25) is 0 Å². The maximum atomic E-state index is 9.64. The molecule has 1 rings (SSSR count). The average Bonchev–Trinajstić information content (AvgIpc) is 1.82. The van der Waals surface area contributed by atoms with Gasteiger partial charge in [0, 0.05) is 12.5 Å². The molecule has 0 radical (unpaired) electrons. The van der Waals surface area contributed by atoms with E-state index in [1.807, 2.05) is 13.0 Å². The zero-order chi connectivity index (χ0) is 9.35. The second-order valence-electron chi connectivity index (χ2n) is 4.46. The number of rotatable bonds is 1. The van der Waals surface area contributed by atoms with Crippen LogP contribution in [0.4, 0.5) is 0 Å². The van der Waals surface area contributed by atoms with Gasteiger partial charge in [-0.3, -0.25) is 0 Å². The molecule has 0 aromatic carbocycles. The van der Waals surface area contributed by atoms with Crippen molar-refractivity contribution in [2.45, 2.75) is 33.3 Å². The minimum absolute atomic E-state index is 0.0128. The van der Waals surface area contributed by atoms with E-state index in [2.05, 4.69) is 13.8 Å². The number of allylic oxidation sites excluding steroid dienone is 1. The van der Waals surface area contributed by atoms with E-state index >= 15 is 0 Å². The fraction of sp³-hybridized carbons (Fsp3) is 0.800. The summed E-state index contributed by atoms with van der Waals surface area (Å²) in [4.78, 5) is 0. The van der Waals surface area contributed by atoms with Gasteiger partial charge in [-0.15, -0.1) is 0 Å². The van der Waals surface area contributed by atoms with Crippen LogP contribution in [0.15, 0.2) is 11.6 Å². The topological polar surface area (TPSA) is 40.5 Å². The highest BCUT2D eigenvalue weighted by molar-refractivity contribution is 5.13. The lowest BCUT2D eigenvalue weighted by atomic mass is 9.68. The molecule has 0 heterocycles. The van der Waals surface area contributed by atoms with Crippen LogP contribution in [0.5, 0.6) is 0 Å². The molecule has 2 nitrogen and oxygen atoms in total. The van der Waals surface area contributed by atoms with Gasteiger partial charge in [0.2, 0.25) is 0 Å². The molecule has 0 saturated heterocycles. The van der Waals surface area contributed by atoms with E-state index in [-0.39, 0.29) is 17.9 Å². The Morgan fingerprint density at radius 1 is 1.58 bits per heavy atom. The molecule has 0 fully saturated rings. The number of aliphatic hydroxyl groups excluding tert-OH is 2. The lowest BCUT2D eigenvalue weighted by Gasteiger charge is -2.39. The van der Waals surface area contributed by atoms with Gasteiger partial charge in [-0.1, -0.05) is 25.5 Å². The maximum Gasteiger partial charge on any atom is 0.0778 e. The van der Waals surface area contributed by atoms with Crippen molar-refractivity contribution in [2.75, 3.05) is 6.61 Å². The summed E-state index contributed by atoms with van der Waals surface area (Å²) in [6, 6.07) is 0. The molecule has 2 atom stereocenters. The van der Waals surface area contributed by atoms with E-state index in [4.69, 9.17) is 5.11 Å². The van der Waals surface area contributed by atoms with Gasteiger partial charge >= 0.3 is 0 Å². The van der Waals surface area contributed by atoms with Crippen molar-refractivity contribution in [1.29, 1.82) is 0 Å². The summed E-state index contributed by atoms with van der Waals surface area (Å²) in [6.07, 6.45) is 2.35. The first-order valence-corrected chi connectivity index (χ1v) is 4.43. The third-order valence-corrected chi connectivity index (χ3v) is 2.80. The molecule has 0 aromatic heterocycles. The Bertz CT molecular complexity index is 194. The first-order chi connectivity index (χ1) is 5.47. The summed E-state index contributed by atoms with van der Waals surface area (Å²) in [6.45, 7) is 6.28. The molecule has 0 amide bonds. The highest BCUT2D eigenvalue weighted by atomic mass is 16.3. The van der Waals surface area contributed by atoms with Crippen LogP contribution in [-0.4, -0.2) is 22.9 Å². The fourth-order valence-electron chi connectivity index (χ4n) is 2.13. The predicted octanol–water partition coefficient (Wildman–Crippen LogP) is 1.33. The van der Waals surface area contributed by atoms with Crippen LogP contribution >= 0.6 is 0 Å². The lowest BCUT2D eigenvalue weighted by Crippen LogP contribution is -2.39. The number of hydrogen-bond acceptors (Lipinski definition) is 2. The van der Waals surface area contributed by atoms with E-state index in [0.29, 0.717) is 0 Å². The Morgan fingerprint density at radius 3 is 2.58 bits per heavy atom. The minimum Gasteiger partial charge on any atom is -0.396 e. The fourth-order valence-corrected chi connectivity index (χ4v) is 2.13. The Hall–Kier alpha value is -0.340. The minimum atomic E-state index is -0.473. The standard InChI is InChI=1S/C10H18O2/c1-7-4-9(12)8(6-11)10(2,3)5-7/h4,8-9,11-12H,5-6H2,1-3H3/t8-,9-/m1/s1. The van der Waals surface area contributed by atoms with Crippen LogP contribution in [0, 0.1) is 11.3 Å². The highest BCUT2D eigenvalue weighted by Gasteiger charge is 2.36. The van der Waals surface area contributed by atoms with Crippen molar-refractivity contribution in [3.8, 4) is 0 Å². The van der Waals surface area contributed by atoms with Crippen molar-refractivity contribution in [3.05, 3.63) is 11.6 Å². The van der Waals surface area contributed by atoms with Crippen molar-refractivity contribution in [1.82, 2.24) is 0 Å². The largest absolute Gasteiger partial charge is 0.396 e. The van der Waals surface area contributed by atoms with Gasteiger partial charge in [0.25, 0.3) is 0 Å². The van der Waals surface area contributed by atoms with Crippen molar-refractivity contribution in [3.63, 3.8) is 0 Å². The van der Waals surface area contributed by atoms with Gasteiger partial charge in [-0.25, -0.2) is 0 Å². The highest BCUT2D eigenvalue weighted by Crippen LogP contribution is 2.39. The summed E-state index contributed by atoms with van der Waals surface area (Å²) in [5.74, 6) is -0.0128. The van der Waals surface area contributed by atoms with Crippen molar-refractivity contribution in [2.24, 2.45) is 11.3 Å². The van der Waals surface area contributed by atoms with Gasteiger partial charge in [0.15, 0.2) is 0 Å². The van der Waals surface area contributed by atoms with Crippen LogP contribution in [0.25, 0.3) is 0 Å². The summed E-state index contributed by atoms with van der Waals surface area (Å²) < 4.78 is 0. The molecule has 0 unspecified atom stereocenters. The molecule has 12 heavy (non-hydrogen) atoms. The molecule has 0 saturated carbocycles. The zero-order valence-corrected chi connectivity index (χ0v) is 8.04. The molecule has 70 valence electrons. The smallest absolute Gasteiger partial charge is 0.0778 e. The molecule has 1 aliphatic carbocycles. The van der Waals surface area contributed by atoms with Crippen LogP contribution < -0.4 is 0 Å². The van der Waals surface area contributed by atoms with Gasteiger partial charge in [-0.2, -0.15) is 0 Å². The van der Waals surface area contributed by atoms with Crippen molar-refractivity contribution < 1.29 is 10.2 Å². The van der Waals surface area contributed by atoms with Gasteiger partial charge in [0.05, 0.1) is 6.10 Å². The second-order valence-corrected chi connectivity index (χ2v) is 4.46. The Morgan fingerprint density at radius 2 is 2.17 bits per heavy atom. The quantitative estimate of drug-likeness (QED) is 0.583. The zero-order valence-electron chi connectivity index (χ0n) is 8.04. The lowest BCUT2D eigenvalue weighted by molar-refractivity contribution is 0.0136. The summed E-state index contributed by atoms with van der Waals surface area (Å²) in [5, 5.41) is 18.7. The third-order valence-electron chi connectivity index (χ3n) is 2.80. The van der Waals surface area contributed by atoms with E-state index in [1.165, 1.54) is 5.57 Å². The molecule has 0 bridgehead atoms. The molecule has 2 heteroatoms. The summed E-state index contributed by atoms with van der Waals surface area (Å²) in [5.41, 5.74) is 1.24. The SMILES string of the molecule is CC1=C[C@@H](O)[C@@H](CO)C(C)(C)C1. The first-order valence-electron chi connectivity index (χ1n) is 4.43. The van der Waals surface area contributed by atoms with E-state index < -0.39 is 6.10 Å². The maximum absolute atomic E-state index is 9.64. The van der Waals surface area contributed by atoms with Crippen LogP contribution in [0.1, 0.15) is 27.2 Å². The third kappa shape index (κ3) is 1.70. The van der Waals surface area contributed by atoms with Gasteiger partial charge in [0.1, 0.15) is 0 Å². The molecule has 2 N–H and O–H groups in total. The number of aliphatic hydroxyl groups is 2. The first kappa shape index (κ1) is 9.75. The molecule has 0 aromatic rings. The molecular formula is C10H18O2. The Labute approximate surface area is 73.9 Å². The Balaban J connectivity index is 2.86. The molecule has 0 aliphatic heterocycles. The van der Waals surface area contributed by atoms with Crippen LogP contribution in [0.3, 0.4) is 0 Å². The van der Waals surface area contributed by atoms with E-state index in [0.717, 1.165) is 6.42 Å². The average molecular weight is 170 g/mol. The predicted molar refractivity (Wildman–Crippen MR) is 48.7 cm³/mol. The summed E-state index contributed by atoms with van der Waals surface area (Å²) >= 11 is 0. The van der Waals surface area contributed by atoms with E-state index in [1.54, 1.807) is 0 Å². The molecular weight excluding hydrogens is 152 g/mol.